The molecule has 0 bridgehead atoms. The summed E-state index contributed by atoms with van der Waals surface area (Å²) in [6, 6.07) is 6.83. The molecule has 1 saturated heterocycles. The first-order valence-electron chi connectivity index (χ1n) is 10.0. The minimum absolute atomic E-state index is 0.198. The number of aromatic nitrogens is 3. The van der Waals surface area contributed by atoms with Crippen molar-refractivity contribution in [3.8, 4) is 0 Å². The molecule has 3 heterocycles. The number of benzene rings is 1. The number of nitrogens with one attached hydrogen (secondary N) is 2. The topological polar surface area (TPSA) is 90.3 Å². The number of aryl methyl sites for hydroxylation is 1. The number of rotatable bonds is 7. The Morgan fingerprint density at radius 3 is 2.80 bits per heavy atom. The first-order chi connectivity index (χ1) is 14.6. The Morgan fingerprint density at radius 1 is 1.27 bits per heavy atom. The normalized spacial score (nSPS) is 14.8. The van der Waals surface area contributed by atoms with Crippen LogP contribution in [0.4, 0.5) is 10.1 Å². The van der Waals surface area contributed by atoms with Crippen LogP contribution < -0.4 is 10.2 Å². The molecule has 1 aliphatic rings. The number of H-pyrrole nitrogens is 1. The zero-order chi connectivity index (χ0) is 20.9. The van der Waals surface area contributed by atoms with Gasteiger partial charge in [-0.2, -0.15) is 0 Å². The van der Waals surface area contributed by atoms with Crippen molar-refractivity contribution in [1.82, 2.24) is 25.2 Å². The van der Waals surface area contributed by atoms with Gasteiger partial charge in [0.25, 0.3) is 5.91 Å². The molecule has 3 aromatic rings. The van der Waals surface area contributed by atoms with E-state index in [0.717, 1.165) is 37.7 Å². The number of carbonyl (C=O) groups excluding carboxylic acids is 1. The average molecular weight is 412 g/mol. The number of imidazole rings is 1. The van der Waals surface area contributed by atoms with Crippen LogP contribution in [0.5, 0.6) is 0 Å². The SMILES string of the molecule is Cc1cnc(CCNC(=O)c2coc(CN3CCN(c4ccccc4F)CC3)n2)[nH]1. The second kappa shape index (κ2) is 9.08. The van der Waals surface area contributed by atoms with Gasteiger partial charge in [-0.15, -0.1) is 0 Å². The first kappa shape index (κ1) is 20.1. The summed E-state index contributed by atoms with van der Waals surface area (Å²) >= 11 is 0. The van der Waals surface area contributed by atoms with Gasteiger partial charge in [0.15, 0.2) is 5.69 Å². The van der Waals surface area contributed by atoms with Crippen LogP contribution in [0.15, 0.2) is 41.1 Å². The Morgan fingerprint density at radius 2 is 2.07 bits per heavy atom. The number of hydrogen-bond donors (Lipinski definition) is 2. The number of halogens is 1. The van der Waals surface area contributed by atoms with Crippen LogP contribution in [-0.2, 0) is 13.0 Å². The summed E-state index contributed by atoms with van der Waals surface area (Å²) < 4.78 is 19.4. The molecule has 1 aliphatic heterocycles. The summed E-state index contributed by atoms with van der Waals surface area (Å²) in [6.45, 7) is 5.89. The molecule has 0 atom stereocenters. The number of piperazine rings is 1. The van der Waals surface area contributed by atoms with E-state index < -0.39 is 0 Å². The molecule has 2 aromatic heterocycles. The number of anilines is 1. The molecule has 2 N–H and O–H groups in total. The summed E-state index contributed by atoms with van der Waals surface area (Å²) in [4.78, 5) is 28.1. The molecule has 158 valence electrons. The molecule has 0 unspecified atom stereocenters. The van der Waals surface area contributed by atoms with Gasteiger partial charge in [-0.3, -0.25) is 9.69 Å². The van der Waals surface area contributed by atoms with E-state index in [9.17, 15) is 9.18 Å². The molecule has 0 spiro atoms. The van der Waals surface area contributed by atoms with Crippen LogP contribution in [0, 0.1) is 12.7 Å². The maximum atomic E-state index is 14.0. The van der Waals surface area contributed by atoms with Crippen LogP contribution in [0.2, 0.25) is 0 Å². The van der Waals surface area contributed by atoms with E-state index in [1.807, 2.05) is 17.9 Å². The van der Waals surface area contributed by atoms with Crippen LogP contribution in [-0.4, -0.2) is 58.5 Å². The summed E-state index contributed by atoms with van der Waals surface area (Å²) in [7, 11) is 0. The summed E-state index contributed by atoms with van der Waals surface area (Å²) in [5, 5.41) is 2.83. The zero-order valence-corrected chi connectivity index (χ0v) is 16.9. The van der Waals surface area contributed by atoms with Gasteiger partial charge in [0.05, 0.1) is 12.2 Å². The lowest BCUT2D eigenvalue weighted by molar-refractivity contribution is 0.0949. The van der Waals surface area contributed by atoms with Crippen LogP contribution >= 0.6 is 0 Å². The molecule has 0 saturated carbocycles. The van der Waals surface area contributed by atoms with Gasteiger partial charge in [0.1, 0.15) is 17.9 Å². The highest BCUT2D eigenvalue weighted by Crippen LogP contribution is 2.20. The molecular weight excluding hydrogens is 387 g/mol. The molecule has 4 rings (SSSR count). The van der Waals surface area contributed by atoms with Gasteiger partial charge >= 0.3 is 0 Å². The third kappa shape index (κ3) is 4.85. The van der Waals surface area contributed by atoms with Gasteiger partial charge in [-0.05, 0) is 19.1 Å². The molecule has 1 amide bonds. The van der Waals surface area contributed by atoms with Crippen molar-refractivity contribution in [3.63, 3.8) is 0 Å². The summed E-state index contributed by atoms with van der Waals surface area (Å²) in [5.74, 6) is 0.874. The number of nitrogens with zero attached hydrogens (tertiary/aromatic N) is 4. The molecule has 8 nitrogen and oxygen atoms in total. The lowest BCUT2D eigenvalue weighted by Crippen LogP contribution is -2.46. The van der Waals surface area contributed by atoms with Crippen LogP contribution in [0.3, 0.4) is 0 Å². The third-order valence-corrected chi connectivity index (χ3v) is 5.11. The fourth-order valence-electron chi connectivity index (χ4n) is 3.51. The fourth-order valence-corrected chi connectivity index (χ4v) is 3.51. The third-order valence-electron chi connectivity index (χ3n) is 5.11. The largest absolute Gasteiger partial charge is 0.447 e. The molecule has 1 aromatic carbocycles. The summed E-state index contributed by atoms with van der Waals surface area (Å²) in [5.41, 5.74) is 1.90. The van der Waals surface area contributed by atoms with Crippen molar-refractivity contribution < 1.29 is 13.6 Å². The molecule has 1 fully saturated rings. The van der Waals surface area contributed by atoms with E-state index in [0.29, 0.717) is 31.1 Å². The van der Waals surface area contributed by atoms with Crippen molar-refractivity contribution in [3.05, 3.63) is 65.6 Å². The van der Waals surface area contributed by atoms with Crippen LogP contribution in [0.25, 0.3) is 0 Å². The number of amides is 1. The Bertz CT molecular complexity index is 993. The van der Waals surface area contributed by atoms with Gasteiger partial charge in [0, 0.05) is 51.0 Å². The van der Waals surface area contributed by atoms with Crippen molar-refractivity contribution >= 4 is 11.6 Å². The molecule has 9 heteroatoms. The van der Waals surface area contributed by atoms with E-state index in [1.165, 1.54) is 12.3 Å². The van der Waals surface area contributed by atoms with Crippen molar-refractivity contribution in [2.45, 2.75) is 19.9 Å². The quantitative estimate of drug-likeness (QED) is 0.618. The van der Waals surface area contributed by atoms with Gasteiger partial charge < -0.3 is 19.6 Å². The monoisotopic (exact) mass is 412 g/mol. The second-order valence-corrected chi connectivity index (χ2v) is 7.36. The second-order valence-electron chi connectivity index (χ2n) is 7.36. The zero-order valence-electron chi connectivity index (χ0n) is 16.9. The Kier molecular flexibility index (Phi) is 6.08. The van der Waals surface area contributed by atoms with E-state index in [2.05, 4.69) is 25.2 Å². The fraction of sp³-hybridized carbons (Fsp3) is 0.381. The van der Waals surface area contributed by atoms with E-state index in [4.69, 9.17) is 4.42 Å². The van der Waals surface area contributed by atoms with Crippen molar-refractivity contribution in [2.75, 3.05) is 37.6 Å². The van der Waals surface area contributed by atoms with E-state index in [1.54, 1.807) is 18.3 Å². The molecular formula is C21H25FN6O2. The number of para-hydroxylation sites is 1. The standard InChI is InChI=1S/C21H25FN6O2/c1-15-12-24-19(25-15)6-7-23-21(29)17-14-30-20(26-17)13-27-8-10-28(11-9-27)18-5-3-2-4-16(18)22/h2-5,12,14H,6-11,13H2,1H3,(H,23,29)(H,24,25). The van der Waals surface area contributed by atoms with Crippen LogP contribution in [0.1, 0.15) is 27.9 Å². The highest BCUT2D eigenvalue weighted by molar-refractivity contribution is 5.91. The van der Waals surface area contributed by atoms with Crippen molar-refractivity contribution in [2.24, 2.45) is 0 Å². The predicted molar refractivity (Wildman–Crippen MR) is 110 cm³/mol. The number of hydrogen-bond acceptors (Lipinski definition) is 6. The Hall–Kier alpha value is -3.20. The highest BCUT2D eigenvalue weighted by atomic mass is 19.1. The summed E-state index contributed by atoms with van der Waals surface area (Å²) in [6.07, 6.45) is 3.77. The number of oxazole rings is 1. The number of aromatic amines is 1. The van der Waals surface area contributed by atoms with E-state index >= 15 is 0 Å². The van der Waals surface area contributed by atoms with E-state index in [-0.39, 0.29) is 17.4 Å². The van der Waals surface area contributed by atoms with Crippen molar-refractivity contribution in [1.29, 1.82) is 0 Å². The van der Waals surface area contributed by atoms with Gasteiger partial charge in [-0.25, -0.2) is 14.4 Å². The lowest BCUT2D eigenvalue weighted by Gasteiger charge is -2.35. The minimum Gasteiger partial charge on any atom is -0.447 e. The first-order valence-corrected chi connectivity index (χ1v) is 10.0. The maximum Gasteiger partial charge on any atom is 0.273 e. The molecule has 0 radical (unpaired) electrons. The minimum atomic E-state index is -0.266. The van der Waals surface area contributed by atoms with Gasteiger partial charge in [-0.1, -0.05) is 12.1 Å². The number of carbonyl (C=O) groups is 1. The maximum absolute atomic E-state index is 14.0. The average Bonchev–Trinajstić information content (AvgIpc) is 3.38. The smallest absolute Gasteiger partial charge is 0.273 e. The molecule has 30 heavy (non-hydrogen) atoms. The predicted octanol–water partition coefficient (Wildman–Crippen LogP) is 2.14. The Labute approximate surface area is 174 Å². The highest BCUT2D eigenvalue weighted by Gasteiger charge is 2.21. The Balaban J connectivity index is 1.23. The van der Waals surface area contributed by atoms with Gasteiger partial charge in [0.2, 0.25) is 5.89 Å². The lowest BCUT2D eigenvalue weighted by atomic mass is 10.2. The molecule has 0 aliphatic carbocycles.